The Morgan fingerprint density at radius 3 is 2.55 bits per heavy atom. The van der Waals surface area contributed by atoms with Gasteiger partial charge in [-0.3, -0.25) is 0 Å². The maximum Gasteiger partial charge on any atom is 0.417 e. The largest absolute Gasteiger partial charge is 0.417 e. The number of aliphatic hydroxyl groups excluding tert-OH is 1. The first-order valence-electron chi connectivity index (χ1n) is 6.13. The van der Waals surface area contributed by atoms with E-state index in [2.05, 4.69) is 10.3 Å². The van der Waals surface area contributed by atoms with Gasteiger partial charge in [0.1, 0.15) is 5.82 Å². The molecule has 2 N–H and O–H groups in total. The van der Waals surface area contributed by atoms with E-state index >= 15 is 0 Å². The van der Waals surface area contributed by atoms with Crippen molar-refractivity contribution < 1.29 is 27.8 Å². The van der Waals surface area contributed by atoms with E-state index in [0.29, 0.717) is 19.6 Å². The third-order valence-corrected chi connectivity index (χ3v) is 2.83. The Morgan fingerprint density at radius 2 is 2.05 bits per heavy atom. The van der Waals surface area contributed by atoms with Gasteiger partial charge in [-0.05, 0) is 12.1 Å². The first-order chi connectivity index (χ1) is 9.49. The highest BCUT2D eigenvalue weighted by molar-refractivity contribution is 5.37. The van der Waals surface area contributed by atoms with E-state index < -0.39 is 24.1 Å². The van der Waals surface area contributed by atoms with E-state index in [9.17, 15) is 18.3 Å². The molecule has 0 saturated carbocycles. The van der Waals surface area contributed by atoms with Crippen LogP contribution in [0.15, 0.2) is 18.3 Å². The molecule has 1 aromatic heterocycles. The molecule has 0 radical (unpaired) electrons. The molecule has 1 fully saturated rings. The van der Waals surface area contributed by atoms with Crippen LogP contribution in [0.2, 0.25) is 0 Å². The molecule has 0 aromatic carbocycles. The van der Waals surface area contributed by atoms with Gasteiger partial charge in [0, 0.05) is 12.6 Å². The molecule has 2 heterocycles. The zero-order valence-corrected chi connectivity index (χ0v) is 10.6. The molecule has 1 aromatic rings. The molecule has 1 atom stereocenters. The molecule has 0 aliphatic carbocycles. The minimum absolute atomic E-state index is 0.202. The second kappa shape index (κ2) is 6.38. The molecule has 0 amide bonds. The monoisotopic (exact) mass is 292 g/mol. The first kappa shape index (κ1) is 15.0. The SMILES string of the molecule is OCC(CC1OCCO1)Nc1ccc(C(F)(F)F)cn1. The Balaban J connectivity index is 1.93. The normalized spacial score (nSPS) is 18.2. The third kappa shape index (κ3) is 4.06. The Kier molecular flexibility index (Phi) is 4.79. The number of pyridine rings is 1. The number of ether oxygens (including phenoxy) is 2. The first-order valence-corrected chi connectivity index (χ1v) is 6.13. The van der Waals surface area contributed by atoms with Crippen molar-refractivity contribution in [2.24, 2.45) is 0 Å². The molecule has 112 valence electrons. The molecular weight excluding hydrogens is 277 g/mol. The van der Waals surface area contributed by atoms with Crippen LogP contribution in [0.3, 0.4) is 0 Å². The molecule has 1 aliphatic heterocycles. The summed E-state index contributed by atoms with van der Waals surface area (Å²) in [7, 11) is 0. The summed E-state index contributed by atoms with van der Waals surface area (Å²) in [5.74, 6) is 0.259. The average molecular weight is 292 g/mol. The van der Waals surface area contributed by atoms with Crippen LogP contribution < -0.4 is 5.32 Å². The van der Waals surface area contributed by atoms with Crippen LogP contribution in [0.1, 0.15) is 12.0 Å². The summed E-state index contributed by atoms with van der Waals surface area (Å²) in [4.78, 5) is 3.68. The lowest BCUT2D eigenvalue weighted by Gasteiger charge is -2.19. The summed E-state index contributed by atoms with van der Waals surface area (Å²) in [6.07, 6.45) is -3.68. The lowest BCUT2D eigenvalue weighted by Crippen LogP contribution is -2.29. The summed E-state index contributed by atoms with van der Waals surface area (Å²) >= 11 is 0. The van der Waals surface area contributed by atoms with Gasteiger partial charge in [0.25, 0.3) is 0 Å². The number of nitrogens with one attached hydrogen (secondary N) is 1. The number of hydrogen-bond donors (Lipinski definition) is 2. The van der Waals surface area contributed by atoms with Crippen LogP contribution in [0.4, 0.5) is 19.0 Å². The van der Waals surface area contributed by atoms with Crippen LogP contribution >= 0.6 is 0 Å². The summed E-state index contributed by atoms with van der Waals surface area (Å²) in [6.45, 7) is 0.800. The summed E-state index contributed by atoms with van der Waals surface area (Å²) in [6, 6.07) is 1.76. The van der Waals surface area contributed by atoms with Crippen LogP contribution in [-0.4, -0.2) is 42.2 Å². The van der Waals surface area contributed by atoms with E-state index in [0.717, 1.165) is 12.3 Å². The van der Waals surface area contributed by atoms with Gasteiger partial charge in [0.15, 0.2) is 6.29 Å². The minimum atomic E-state index is -4.41. The van der Waals surface area contributed by atoms with Crippen molar-refractivity contribution in [3.05, 3.63) is 23.9 Å². The molecule has 8 heteroatoms. The summed E-state index contributed by atoms with van der Waals surface area (Å²) < 4.78 is 47.6. The number of aromatic nitrogens is 1. The van der Waals surface area contributed by atoms with E-state index in [1.165, 1.54) is 6.07 Å². The van der Waals surface area contributed by atoms with Crippen molar-refractivity contribution in [3.63, 3.8) is 0 Å². The Bertz CT molecular complexity index is 419. The topological polar surface area (TPSA) is 63.6 Å². The van der Waals surface area contributed by atoms with Crippen molar-refractivity contribution in [2.75, 3.05) is 25.1 Å². The third-order valence-electron chi connectivity index (χ3n) is 2.83. The van der Waals surface area contributed by atoms with Gasteiger partial charge in [-0.1, -0.05) is 0 Å². The van der Waals surface area contributed by atoms with Crippen molar-refractivity contribution in [3.8, 4) is 0 Å². The van der Waals surface area contributed by atoms with E-state index in [-0.39, 0.29) is 12.4 Å². The Labute approximate surface area is 113 Å². The van der Waals surface area contributed by atoms with Crippen LogP contribution in [0.5, 0.6) is 0 Å². The molecule has 1 aliphatic rings. The quantitative estimate of drug-likeness (QED) is 0.863. The van der Waals surface area contributed by atoms with Crippen LogP contribution in [0, 0.1) is 0 Å². The van der Waals surface area contributed by atoms with Gasteiger partial charge in [-0.15, -0.1) is 0 Å². The molecule has 1 unspecified atom stereocenters. The number of alkyl halides is 3. The highest BCUT2D eigenvalue weighted by Crippen LogP contribution is 2.29. The van der Waals surface area contributed by atoms with Gasteiger partial charge in [0.05, 0.1) is 31.4 Å². The van der Waals surface area contributed by atoms with E-state index in [4.69, 9.17) is 9.47 Å². The molecule has 20 heavy (non-hydrogen) atoms. The Hall–Kier alpha value is -1.38. The molecule has 0 spiro atoms. The second-order valence-electron chi connectivity index (χ2n) is 4.36. The smallest absolute Gasteiger partial charge is 0.394 e. The van der Waals surface area contributed by atoms with Gasteiger partial charge in [-0.2, -0.15) is 13.2 Å². The van der Waals surface area contributed by atoms with Gasteiger partial charge >= 0.3 is 6.18 Å². The van der Waals surface area contributed by atoms with E-state index in [1.54, 1.807) is 0 Å². The standard InChI is InChI=1S/C12H15F3N2O3/c13-12(14,15)8-1-2-10(16-6-8)17-9(7-18)5-11-19-3-4-20-11/h1-2,6,9,11,18H,3-5,7H2,(H,16,17). The van der Waals surface area contributed by atoms with Crippen molar-refractivity contribution in [1.82, 2.24) is 4.98 Å². The predicted molar refractivity (Wildman–Crippen MR) is 64.0 cm³/mol. The van der Waals surface area contributed by atoms with Crippen molar-refractivity contribution >= 4 is 5.82 Å². The zero-order valence-electron chi connectivity index (χ0n) is 10.6. The molecule has 1 saturated heterocycles. The zero-order chi connectivity index (χ0) is 14.6. The molecular formula is C12H15F3N2O3. The number of anilines is 1. The predicted octanol–water partition coefficient (Wildman–Crippen LogP) is 1.64. The molecule has 2 rings (SSSR count). The number of aliphatic hydroxyl groups is 1. The number of halogens is 3. The minimum Gasteiger partial charge on any atom is -0.394 e. The second-order valence-corrected chi connectivity index (χ2v) is 4.36. The average Bonchev–Trinajstić information content (AvgIpc) is 2.90. The van der Waals surface area contributed by atoms with Gasteiger partial charge in [-0.25, -0.2) is 4.98 Å². The maximum atomic E-state index is 12.4. The van der Waals surface area contributed by atoms with Gasteiger partial charge in [0.2, 0.25) is 0 Å². The summed E-state index contributed by atoms with van der Waals surface area (Å²) in [5, 5.41) is 12.1. The molecule has 0 bridgehead atoms. The fourth-order valence-electron chi connectivity index (χ4n) is 1.81. The van der Waals surface area contributed by atoms with E-state index in [1.807, 2.05) is 0 Å². The highest BCUT2D eigenvalue weighted by atomic mass is 19.4. The van der Waals surface area contributed by atoms with Crippen molar-refractivity contribution in [1.29, 1.82) is 0 Å². The number of nitrogens with zero attached hydrogens (tertiary/aromatic N) is 1. The summed E-state index contributed by atoms with van der Waals surface area (Å²) in [5.41, 5.74) is -0.814. The lowest BCUT2D eigenvalue weighted by molar-refractivity contribution is -0.137. The fourth-order valence-corrected chi connectivity index (χ4v) is 1.81. The van der Waals surface area contributed by atoms with Crippen molar-refractivity contribution in [2.45, 2.75) is 24.9 Å². The lowest BCUT2D eigenvalue weighted by atomic mass is 10.2. The maximum absolute atomic E-state index is 12.4. The number of rotatable bonds is 5. The van der Waals surface area contributed by atoms with Gasteiger partial charge < -0.3 is 19.9 Å². The number of hydrogen-bond acceptors (Lipinski definition) is 5. The fraction of sp³-hybridized carbons (Fsp3) is 0.583. The highest BCUT2D eigenvalue weighted by Gasteiger charge is 2.30. The van der Waals surface area contributed by atoms with Crippen LogP contribution in [0.25, 0.3) is 0 Å². The Morgan fingerprint density at radius 1 is 1.35 bits per heavy atom. The molecule has 5 nitrogen and oxygen atoms in total. The van der Waals surface area contributed by atoms with Crippen LogP contribution in [-0.2, 0) is 15.7 Å².